The lowest BCUT2D eigenvalue weighted by atomic mass is 10.1. The van der Waals surface area contributed by atoms with Gasteiger partial charge in [0.1, 0.15) is 5.69 Å². The average molecular weight is 327 g/mol. The van der Waals surface area contributed by atoms with Crippen LogP contribution in [-0.2, 0) is 11.2 Å². The molecule has 24 heavy (non-hydrogen) atoms. The second-order valence-corrected chi connectivity index (χ2v) is 5.36. The highest BCUT2D eigenvalue weighted by Crippen LogP contribution is 2.23. The number of anilines is 2. The van der Waals surface area contributed by atoms with E-state index in [1.165, 1.54) is 6.07 Å². The van der Waals surface area contributed by atoms with Crippen LogP contribution < -0.4 is 10.6 Å². The van der Waals surface area contributed by atoms with Crippen molar-refractivity contribution in [2.24, 2.45) is 0 Å². The smallest absolute Gasteiger partial charge is 0.292 e. The van der Waals surface area contributed by atoms with Gasteiger partial charge in [0.2, 0.25) is 5.91 Å². The second-order valence-electron chi connectivity index (χ2n) is 5.36. The highest BCUT2D eigenvalue weighted by Gasteiger charge is 2.11. The van der Waals surface area contributed by atoms with E-state index in [2.05, 4.69) is 10.6 Å². The van der Waals surface area contributed by atoms with Crippen molar-refractivity contribution >= 4 is 23.0 Å². The van der Waals surface area contributed by atoms with Gasteiger partial charge in [-0.25, -0.2) is 0 Å². The zero-order chi connectivity index (χ0) is 17.4. The minimum absolute atomic E-state index is 0.0406. The minimum Gasteiger partial charge on any atom is -0.379 e. The number of nitro benzene ring substituents is 1. The lowest BCUT2D eigenvalue weighted by Crippen LogP contribution is -2.14. The molecule has 6 heteroatoms. The molecule has 0 spiro atoms. The highest BCUT2D eigenvalue weighted by molar-refractivity contribution is 5.91. The Morgan fingerprint density at radius 3 is 2.46 bits per heavy atom. The van der Waals surface area contributed by atoms with Crippen LogP contribution in [0.3, 0.4) is 0 Å². The molecule has 0 saturated heterocycles. The Balaban J connectivity index is 1.80. The van der Waals surface area contributed by atoms with Crippen molar-refractivity contribution in [3.05, 3.63) is 64.2 Å². The Labute approximate surface area is 141 Å². The Morgan fingerprint density at radius 1 is 1.08 bits per heavy atom. The minimum atomic E-state index is -0.420. The molecule has 2 aromatic carbocycles. The first-order valence-electron chi connectivity index (χ1n) is 7.97. The summed E-state index contributed by atoms with van der Waals surface area (Å²) in [6.45, 7) is 2.54. The van der Waals surface area contributed by atoms with Crippen LogP contribution >= 0.6 is 0 Å². The fourth-order valence-corrected chi connectivity index (χ4v) is 2.42. The summed E-state index contributed by atoms with van der Waals surface area (Å²) in [7, 11) is 0. The first kappa shape index (κ1) is 17.5. The molecule has 0 aliphatic rings. The third-order valence-electron chi connectivity index (χ3n) is 3.67. The fraction of sp³-hybridized carbons (Fsp3) is 0.278. The summed E-state index contributed by atoms with van der Waals surface area (Å²) in [6.07, 6.45) is 1.80. The molecule has 0 unspecified atom stereocenters. The molecule has 2 aromatic rings. The number of rotatable bonds is 8. The maximum absolute atomic E-state index is 12.0. The molecule has 0 heterocycles. The van der Waals surface area contributed by atoms with Crippen LogP contribution in [0.15, 0.2) is 48.5 Å². The average Bonchev–Trinajstić information content (AvgIpc) is 2.59. The molecule has 0 fully saturated rings. The molecule has 0 bridgehead atoms. The van der Waals surface area contributed by atoms with Crippen LogP contribution in [0.5, 0.6) is 0 Å². The van der Waals surface area contributed by atoms with Gasteiger partial charge in [-0.05, 0) is 30.5 Å². The fourth-order valence-electron chi connectivity index (χ4n) is 2.42. The number of benzene rings is 2. The van der Waals surface area contributed by atoms with Crippen molar-refractivity contribution in [1.82, 2.24) is 0 Å². The number of hydrogen-bond donors (Lipinski definition) is 2. The Kier molecular flexibility index (Phi) is 6.31. The molecule has 0 atom stereocenters. The van der Waals surface area contributed by atoms with Crippen molar-refractivity contribution < 1.29 is 9.72 Å². The summed E-state index contributed by atoms with van der Waals surface area (Å²) in [6, 6.07) is 14.2. The molecular weight excluding hydrogens is 306 g/mol. The topological polar surface area (TPSA) is 84.3 Å². The van der Waals surface area contributed by atoms with Crippen LogP contribution in [0.2, 0.25) is 0 Å². The van der Waals surface area contributed by atoms with Crippen LogP contribution in [0, 0.1) is 10.1 Å². The molecule has 0 aliphatic heterocycles. The molecule has 0 aliphatic carbocycles. The van der Waals surface area contributed by atoms with Crippen molar-refractivity contribution in [3.63, 3.8) is 0 Å². The van der Waals surface area contributed by atoms with E-state index in [0.29, 0.717) is 25.1 Å². The van der Waals surface area contributed by atoms with Gasteiger partial charge >= 0.3 is 0 Å². The standard InChI is InChI=1S/C18H21N3O3/c1-2-14-8-3-4-9-15(14)20-18(22)12-7-13-19-16-10-5-6-11-17(16)21(23)24/h3-6,8-11,19H,2,7,12-13H2,1H3,(H,20,22). The number of carbonyl (C=O) groups is 1. The van der Waals surface area contributed by atoms with E-state index < -0.39 is 4.92 Å². The van der Waals surface area contributed by atoms with Gasteiger partial charge < -0.3 is 10.6 Å². The van der Waals surface area contributed by atoms with Crippen molar-refractivity contribution in [2.45, 2.75) is 26.2 Å². The zero-order valence-corrected chi connectivity index (χ0v) is 13.6. The van der Waals surface area contributed by atoms with Crippen molar-refractivity contribution in [3.8, 4) is 0 Å². The number of nitro groups is 1. The molecule has 0 saturated carbocycles. The molecule has 1 amide bonds. The van der Waals surface area contributed by atoms with Crippen molar-refractivity contribution in [2.75, 3.05) is 17.2 Å². The van der Waals surface area contributed by atoms with E-state index in [1.807, 2.05) is 31.2 Å². The molecule has 2 N–H and O–H groups in total. The van der Waals surface area contributed by atoms with Crippen molar-refractivity contribution in [1.29, 1.82) is 0 Å². The second kappa shape index (κ2) is 8.67. The maximum atomic E-state index is 12.0. The summed E-state index contributed by atoms with van der Waals surface area (Å²) in [5, 5.41) is 16.9. The van der Waals surface area contributed by atoms with Gasteiger partial charge in [0.05, 0.1) is 4.92 Å². The van der Waals surface area contributed by atoms with Gasteiger partial charge in [-0.15, -0.1) is 0 Å². The Bertz CT molecular complexity index is 716. The lowest BCUT2D eigenvalue weighted by Gasteiger charge is -2.10. The van der Waals surface area contributed by atoms with E-state index >= 15 is 0 Å². The normalized spacial score (nSPS) is 10.2. The summed E-state index contributed by atoms with van der Waals surface area (Å²) in [5.41, 5.74) is 2.46. The molecule has 0 aromatic heterocycles. The number of carbonyl (C=O) groups excluding carboxylic acids is 1. The third-order valence-corrected chi connectivity index (χ3v) is 3.67. The predicted octanol–water partition coefficient (Wildman–Crippen LogP) is 3.99. The lowest BCUT2D eigenvalue weighted by molar-refractivity contribution is -0.384. The molecule has 0 radical (unpaired) electrons. The summed E-state index contributed by atoms with van der Waals surface area (Å²) in [5.74, 6) is -0.0553. The van der Waals surface area contributed by atoms with Gasteiger partial charge in [-0.2, -0.15) is 0 Å². The van der Waals surface area contributed by atoms with E-state index in [1.54, 1.807) is 18.2 Å². The van der Waals surface area contributed by atoms with E-state index in [0.717, 1.165) is 17.7 Å². The van der Waals surface area contributed by atoms with Gasteiger partial charge in [-0.3, -0.25) is 14.9 Å². The van der Waals surface area contributed by atoms with Gasteiger partial charge in [0.15, 0.2) is 0 Å². The number of aryl methyl sites for hydroxylation is 1. The molecular formula is C18H21N3O3. The quantitative estimate of drug-likeness (QED) is 0.436. The first-order valence-corrected chi connectivity index (χ1v) is 7.97. The summed E-state index contributed by atoms with van der Waals surface area (Å²) in [4.78, 5) is 22.5. The number of nitrogens with zero attached hydrogens (tertiary/aromatic N) is 1. The SMILES string of the molecule is CCc1ccccc1NC(=O)CCCNc1ccccc1[N+](=O)[O-]. The number of nitrogens with one attached hydrogen (secondary N) is 2. The van der Waals surface area contributed by atoms with E-state index in [9.17, 15) is 14.9 Å². The highest BCUT2D eigenvalue weighted by atomic mass is 16.6. The number of amides is 1. The summed E-state index contributed by atoms with van der Waals surface area (Å²) >= 11 is 0. The maximum Gasteiger partial charge on any atom is 0.292 e. The van der Waals surface area contributed by atoms with Crippen LogP contribution in [0.4, 0.5) is 17.1 Å². The number of para-hydroxylation sites is 3. The molecule has 6 nitrogen and oxygen atoms in total. The molecule has 126 valence electrons. The Hall–Kier alpha value is -2.89. The van der Waals surface area contributed by atoms with E-state index in [4.69, 9.17) is 0 Å². The predicted molar refractivity (Wildman–Crippen MR) is 95.3 cm³/mol. The monoisotopic (exact) mass is 327 g/mol. The third kappa shape index (κ3) is 4.81. The van der Waals surface area contributed by atoms with Crippen LogP contribution in [0.25, 0.3) is 0 Å². The van der Waals surface area contributed by atoms with Gasteiger partial charge in [0, 0.05) is 24.7 Å². The number of hydrogen-bond acceptors (Lipinski definition) is 4. The van der Waals surface area contributed by atoms with Crippen LogP contribution in [-0.4, -0.2) is 17.4 Å². The zero-order valence-electron chi connectivity index (χ0n) is 13.6. The Morgan fingerprint density at radius 2 is 1.75 bits per heavy atom. The van der Waals surface area contributed by atoms with Gasteiger partial charge in [-0.1, -0.05) is 37.3 Å². The van der Waals surface area contributed by atoms with Gasteiger partial charge in [0.25, 0.3) is 5.69 Å². The van der Waals surface area contributed by atoms with Crippen LogP contribution in [0.1, 0.15) is 25.3 Å². The molecule has 2 rings (SSSR count). The summed E-state index contributed by atoms with van der Waals surface area (Å²) < 4.78 is 0. The van der Waals surface area contributed by atoms with E-state index in [-0.39, 0.29) is 11.6 Å². The first-order chi connectivity index (χ1) is 11.6. The largest absolute Gasteiger partial charge is 0.379 e.